The number of anilines is 3. The van der Waals surface area contributed by atoms with Gasteiger partial charge in [-0.15, -0.1) is 0 Å². The number of likely N-dealkylation sites (N-methyl/N-ethyl adjacent to an activating group) is 1. The van der Waals surface area contributed by atoms with Crippen molar-refractivity contribution in [2.24, 2.45) is 10.1 Å². The van der Waals surface area contributed by atoms with Crippen LogP contribution in [0.5, 0.6) is 0 Å². The summed E-state index contributed by atoms with van der Waals surface area (Å²) < 4.78 is 32.8. The van der Waals surface area contributed by atoms with Crippen molar-refractivity contribution in [3.8, 4) is 0 Å². The Labute approximate surface area is 186 Å². The summed E-state index contributed by atoms with van der Waals surface area (Å²) in [6.07, 6.45) is 4.23. The van der Waals surface area contributed by atoms with Gasteiger partial charge in [-0.2, -0.15) is 4.40 Å². The smallest absolute Gasteiger partial charge is 0.140 e. The molecule has 5 N–H and O–H groups in total. The summed E-state index contributed by atoms with van der Waals surface area (Å²) in [4.78, 5) is 2.51. The lowest BCUT2D eigenvalue weighted by Crippen LogP contribution is -2.29. The Hall–Kier alpha value is -2.78. The quantitative estimate of drug-likeness (QED) is 0.280. The van der Waals surface area contributed by atoms with Crippen molar-refractivity contribution in [3.05, 3.63) is 59.8 Å². The lowest BCUT2D eigenvalue weighted by molar-refractivity contribution is 0.602. The number of rotatable bonds is 8. The van der Waals surface area contributed by atoms with E-state index in [4.69, 9.17) is 5.73 Å². The molecular weight excluding hydrogens is 418 g/mol. The van der Waals surface area contributed by atoms with Gasteiger partial charge in [-0.3, -0.25) is 0 Å². The van der Waals surface area contributed by atoms with Gasteiger partial charge >= 0.3 is 0 Å². The fraction of sp³-hybridized carbons (Fsp3) is 0.318. The molecule has 9 heteroatoms. The van der Waals surface area contributed by atoms with Crippen LogP contribution >= 0.6 is 11.9 Å². The number of aryl methyl sites for hydroxylation is 1. The van der Waals surface area contributed by atoms with Crippen LogP contribution in [0.3, 0.4) is 0 Å². The Kier molecular flexibility index (Phi) is 7.75. The van der Waals surface area contributed by atoms with E-state index < -0.39 is 5.82 Å². The van der Waals surface area contributed by atoms with Crippen LogP contribution in [0.1, 0.15) is 12.0 Å². The van der Waals surface area contributed by atoms with Crippen molar-refractivity contribution in [1.82, 2.24) is 10.6 Å². The summed E-state index contributed by atoms with van der Waals surface area (Å²) in [7, 11) is 3.68. The van der Waals surface area contributed by atoms with Crippen LogP contribution in [0.25, 0.3) is 0 Å². The first kappa shape index (κ1) is 22.9. The Morgan fingerprint density at radius 2 is 2.03 bits per heavy atom. The molecule has 0 radical (unpaired) electrons. The summed E-state index contributed by atoms with van der Waals surface area (Å²) in [5, 5.41) is 9.37. The van der Waals surface area contributed by atoms with Crippen molar-refractivity contribution in [1.29, 1.82) is 0 Å². The van der Waals surface area contributed by atoms with Crippen molar-refractivity contribution < 1.29 is 8.78 Å². The van der Waals surface area contributed by atoms with Gasteiger partial charge < -0.3 is 26.6 Å². The Morgan fingerprint density at radius 3 is 2.74 bits per heavy atom. The van der Waals surface area contributed by atoms with Gasteiger partial charge in [0.2, 0.25) is 0 Å². The van der Waals surface area contributed by atoms with Crippen LogP contribution in [0.15, 0.2) is 51.9 Å². The number of hydrogen-bond donors (Lipinski definition) is 4. The maximum atomic E-state index is 14.7. The topological polar surface area (TPSA) is 77.7 Å². The van der Waals surface area contributed by atoms with E-state index in [9.17, 15) is 8.78 Å². The van der Waals surface area contributed by atoms with Gasteiger partial charge in [0.05, 0.1) is 16.3 Å². The summed E-state index contributed by atoms with van der Waals surface area (Å²) in [6, 6.07) is 8.13. The molecule has 2 aromatic rings. The van der Waals surface area contributed by atoms with E-state index in [1.165, 1.54) is 18.2 Å². The van der Waals surface area contributed by atoms with E-state index in [-0.39, 0.29) is 11.7 Å². The maximum absolute atomic E-state index is 14.7. The largest absolute Gasteiger partial charge is 0.394 e. The van der Waals surface area contributed by atoms with Crippen LogP contribution in [0.2, 0.25) is 0 Å². The van der Waals surface area contributed by atoms with Crippen LogP contribution in [-0.4, -0.2) is 39.1 Å². The van der Waals surface area contributed by atoms with Crippen LogP contribution < -0.4 is 26.6 Å². The maximum Gasteiger partial charge on any atom is 0.140 e. The first-order chi connectivity index (χ1) is 14.9. The molecule has 0 spiro atoms. The Morgan fingerprint density at radius 1 is 1.23 bits per heavy atom. The van der Waals surface area contributed by atoms with E-state index in [0.717, 1.165) is 48.4 Å². The fourth-order valence-electron chi connectivity index (χ4n) is 3.39. The summed E-state index contributed by atoms with van der Waals surface area (Å²) >= 11 is 0.979. The molecule has 1 heterocycles. The SMILES string of the molecule is CN/C=C\C(N)=NSc1cc(C)c(Nc2ccc(F)cc2N2CCC(NC)C2)cc1F. The molecule has 1 unspecified atom stereocenters. The van der Waals surface area contributed by atoms with Gasteiger partial charge in [-0.05, 0) is 68.6 Å². The van der Waals surface area contributed by atoms with E-state index in [1.807, 2.05) is 14.0 Å². The van der Waals surface area contributed by atoms with Crippen molar-refractivity contribution in [2.45, 2.75) is 24.3 Å². The molecular formula is C22H28F2N6S. The standard InChI is InChI=1S/C22H28F2N6S/c1-14-10-21(31-29-22(25)6-8-26-2)17(24)12-19(14)28-18-5-4-15(23)11-20(18)30-9-7-16(13-30)27-3/h4-6,8,10-12,16,26-28H,7,9,13H2,1-3H3,(H2,25,29)/b8-6-. The lowest BCUT2D eigenvalue weighted by Gasteiger charge is -2.23. The molecule has 1 aliphatic rings. The van der Waals surface area contributed by atoms with Gasteiger partial charge in [-0.1, -0.05) is 0 Å². The average Bonchev–Trinajstić information content (AvgIpc) is 3.24. The van der Waals surface area contributed by atoms with Crippen molar-refractivity contribution in [2.75, 3.05) is 37.4 Å². The third kappa shape index (κ3) is 5.89. The zero-order chi connectivity index (χ0) is 22.4. The second-order valence-electron chi connectivity index (χ2n) is 7.33. The fourth-order valence-corrected chi connectivity index (χ4v) is 4.03. The first-order valence-electron chi connectivity index (χ1n) is 10.0. The number of amidine groups is 1. The molecule has 0 amide bonds. The molecule has 6 nitrogen and oxygen atoms in total. The van der Waals surface area contributed by atoms with E-state index in [0.29, 0.717) is 16.6 Å². The van der Waals surface area contributed by atoms with Crippen LogP contribution in [-0.2, 0) is 0 Å². The van der Waals surface area contributed by atoms with E-state index in [2.05, 4.69) is 25.2 Å². The molecule has 1 saturated heterocycles. The first-order valence-corrected chi connectivity index (χ1v) is 10.8. The number of nitrogens with one attached hydrogen (secondary N) is 3. The monoisotopic (exact) mass is 446 g/mol. The van der Waals surface area contributed by atoms with E-state index in [1.54, 1.807) is 31.5 Å². The van der Waals surface area contributed by atoms with Crippen LogP contribution in [0.4, 0.5) is 25.8 Å². The second-order valence-corrected chi connectivity index (χ2v) is 8.14. The van der Waals surface area contributed by atoms with Crippen molar-refractivity contribution in [3.63, 3.8) is 0 Å². The van der Waals surface area contributed by atoms with Crippen LogP contribution in [0, 0.1) is 18.6 Å². The Balaban J connectivity index is 1.82. The summed E-state index contributed by atoms with van der Waals surface area (Å²) in [5.74, 6) is -0.432. The predicted molar refractivity (Wildman–Crippen MR) is 126 cm³/mol. The zero-order valence-corrected chi connectivity index (χ0v) is 18.7. The average molecular weight is 447 g/mol. The Bertz CT molecular complexity index is 979. The molecule has 0 bridgehead atoms. The molecule has 1 atom stereocenters. The molecule has 3 rings (SSSR count). The van der Waals surface area contributed by atoms with Gasteiger partial charge in [-0.25, -0.2) is 8.78 Å². The lowest BCUT2D eigenvalue weighted by atomic mass is 10.1. The highest BCUT2D eigenvalue weighted by Crippen LogP contribution is 2.35. The molecule has 0 aliphatic carbocycles. The van der Waals surface area contributed by atoms with Gasteiger partial charge in [0.15, 0.2) is 0 Å². The van der Waals surface area contributed by atoms with E-state index >= 15 is 0 Å². The third-order valence-corrected chi connectivity index (χ3v) is 5.93. The molecule has 166 valence electrons. The number of halogens is 2. The summed E-state index contributed by atoms with van der Waals surface area (Å²) in [6.45, 7) is 3.50. The molecule has 1 aliphatic heterocycles. The van der Waals surface area contributed by atoms with Gasteiger partial charge in [0.1, 0.15) is 17.5 Å². The molecule has 0 saturated carbocycles. The minimum Gasteiger partial charge on any atom is -0.394 e. The number of hydrogen-bond acceptors (Lipinski definition) is 6. The normalized spacial score (nSPS) is 16.9. The summed E-state index contributed by atoms with van der Waals surface area (Å²) in [5.41, 5.74) is 8.73. The number of nitrogens with two attached hydrogens (primary N) is 1. The molecule has 1 fully saturated rings. The highest BCUT2D eigenvalue weighted by atomic mass is 32.2. The molecule has 2 aromatic carbocycles. The predicted octanol–water partition coefficient (Wildman–Crippen LogP) is 3.91. The minimum absolute atomic E-state index is 0.278. The molecule has 0 aromatic heterocycles. The van der Waals surface area contributed by atoms with Crippen molar-refractivity contribution >= 4 is 34.8 Å². The second kappa shape index (κ2) is 10.5. The highest BCUT2D eigenvalue weighted by molar-refractivity contribution is 7.98. The van der Waals surface area contributed by atoms with Gasteiger partial charge in [0.25, 0.3) is 0 Å². The number of benzene rings is 2. The highest BCUT2D eigenvalue weighted by Gasteiger charge is 2.23. The van der Waals surface area contributed by atoms with Gasteiger partial charge in [0, 0.05) is 43.8 Å². The minimum atomic E-state index is -0.410. The zero-order valence-electron chi connectivity index (χ0n) is 17.9. The number of nitrogens with zero attached hydrogens (tertiary/aromatic N) is 2. The molecule has 31 heavy (non-hydrogen) atoms. The third-order valence-electron chi connectivity index (χ3n) is 5.12.